The van der Waals surface area contributed by atoms with Crippen LogP contribution in [0.2, 0.25) is 0 Å². The zero-order valence-corrected chi connectivity index (χ0v) is 22.9. The van der Waals surface area contributed by atoms with Crippen LogP contribution >= 0.6 is 0 Å². The van der Waals surface area contributed by atoms with Crippen LogP contribution in [0.15, 0.2) is 54.9 Å². The van der Waals surface area contributed by atoms with Crippen molar-refractivity contribution in [2.75, 3.05) is 0 Å². The Kier molecular flexibility index (Phi) is 8.61. The fraction of sp³-hybridized carbons (Fsp3) is 0.345. The lowest BCUT2D eigenvalue weighted by Crippen LogP contribution is -2.25. The first-order chi connectivity index (χ1) is 19.0. The highest BCUT2D eigenvalue weighted by Crippen LogP contribution is 2.23. The summed E-state index contributed by atoms with van der Waals surface area (Å²) < 4.78 is 27.5. The van der Waals surface area contributed by atoms with Gasteiger partial charge in [-0.25, -0.2) is 14.1 Å². The van der Waals surface area contributed by atoms with Gasteiger partial charge in [-0.2, -0.15) is 5.10 Å². The number of hydrogen-bond acceptors (Lipinski definition) is 7. The SMILES string of the molecule is Cn1c(C(=O)NCc2ccccc2F)cc2ccc(-c3cnn(COC(=O)CCCC(=O)OC(C)(C)C)c3)nc21. The van der Waals surface area contributed by atoms with Crippen molar-refractivity contribution in [1.82, 2.24) is 24.6 Å². The molecule has 1 aromatic carbocycles. The van der Waals surface area contributed by atoms with Crippen molar-refractivity contribution in [2.45, 2.75) is 58.9 Å². The lowest BCUT2D eigenvalue weighted by atomic mass is 10.2. The summed E-state index contributed by atoms with van der Waals surface area (Å²) in [5.41, 5.74) is 2.16. The van der Waals surface area contributed by atoms with Gasteiger partial charge < -0.3 is 19.4 Å². The third kappa shape index (κ3) is 7.31. The Balaban J connectivity index is 1.33. The molecule has 4 aromatic rings. The zero-order chi connectivity index (χ0) is 28.9. The number of pyridine rings is 1. The fourth-order valence-electron chi connectivity index (χ4n) is 4.03. The predicted octanol–water partition coefficient (Wildman–Crippen LogP) is 4.52. The van der Waals surface area contributed by atoms with Gasteiger partial charge in [0.15, 0.2) is 6.73 Å². The number of rotatable bonds is 10. The molecule has 40 heavy (non-hydrogen) atoms. The number of aromatic nitrogens is 4. The number of nitrogens with zero attached hydrogens (tertiary/aromatic N) is 4. The number of carbonyl (C=O) groups excluding carboxylic acids is 3. The predicted molar refractivity (Wildman–Crippen MR) is 145 cm³/mol. The number of amides is 1. The van der Waals surface area contributed by atoms with E-state index < -0.39 is 11.6 Å². The van der Waals surface area contributed by atoms with E-state index in [1.807, 2.05) is 12.1 Å². The molecule has 4 rings (SSSR count). The van der Waals surface area contributed by atoms with E-state index in [9.17, 15) is 18.8 Å². The molecule has 3 heterocycles. The van der Waals surface area contributed by atoms with E-state index in [2.05, 4.69) is 15.4 Å². The molecule has 3 aromatic heterocycles. The van der Waals surface area contributed by atoms with Crippen molar-refractivity contribution >= 4 is 28.9 Å². The summed E-state index contributed by atoms with van der Waals surface area (Å²) in [5, 5.41) is 7.76. The van der Waals surface area contributed by atoms with E-state index in [4.69, 9.17) is 9.47 Å². The molecule has 0 saturated carbocycles. The number of aryl methyl sites for hydroxylation is 1. The Bertz CT molecular complexity index is 1540. The molecule has 0 radical (unpaired) electrons. The number of esters is 2. The van der Waals surface area contributed by atoms with Crippen LogP contribution in [0.3, 0.4) is 0 Å². The summed E-state index contributed by atoms with van der Waals surface area (Å²) in [6, 6.07) is 11.7. The van der Waals surface area contributed by atoms with Gasteiger partial charge in [-0.15, -0.1) is 0 Å². The lowest BCUT2D eigenvalue weighted by Gasteiger charge is -2.19. The monoisotopic (exact) mass is 549 g/mol. The standard InChI is InChI=1S/C29H32FN5O5/c1-29(2,3)40-26(37)11-7-10-25(36)39-18-35-17-21(16-32-35)23-13-12-19-14-24(34(4)27(19)33-23)28(38)31-15-20-8-5-6-9-22(20)30/h5-6,8-9,12-14,16-17H,7,10-11,15,18H2,1-4H3,(H,31,38). The molecule has 1 N–H and O–H groups in total. The maximum Gasteiger partial charge on any atom is 0.307 e. The Morgan fingerprint density at radius 3 is 2.55 bits per heavy atom. The van der Waals surface area contributed by atoms with Crippen LogP contribution < -0.4 is 5.32 Å². The molecule has 11 heteroatoms. The van der Waals surface area contributed by atoms with Crippen LogP contribution in [0.5, 0.6) is 0 Å². The molecular weight excluding hydrogens is 517 g/mol. The van der Waals surface area contributed by atoms with E-state index in [-0.39, 0.29) is 43.8 Å². The molecular formula is C29H32FN5O5. The molecule has 0 aliphatic heterocycles. The summed E-state index contributed by atoms with van der Waals surface area (Å²) >= 11 is 0. The topological polar surface area (TPSA) is 117 Å². The third-order valence-corrected chi connectivity index (χ3v) is 5.98. The summed E-state index contributed by atoms with van der Waals surface area (Å²) in [6.07, 6.45) is 3.88. The van der Waals surface area contributed by atoms with E-state index in [0.29, 0.717) is 34.6 Å². The Morgan fingerprint density at radius 1 is 1.05 bits per heavy atom. The number of halogens is 1. The van der Waals surface area contributed by atoms with Crippen LogP contribution in [-0.4, -0.2) is 42.8 Å². The minimum Gasteiger partial charge on any atom is -0.460 e. The van der Waals surface area contributed by atoms with Crippen LogP contribution in [0, 0.1) is 5.82 Å². The Hall–Kier alpha value is -4.54. The Labute approximate surface area is 231 Å². The van der Waals surface area contributed by atoms with Gasteiger partial charge >= 0.3 is 11.9 Å². The largest absolute Gasteiger partial charge is 0.460 e. The second kappa shape index (κ2) is 12.1. The van der Waals surface area contributed by atoms with Crippen LogP contribution in [0.25, 0.3) is 22.3 Å². The minimum atomic E-state index is -0.559. The number of ether oxygens (including phenoxy) is 2. The maximum absolute atomic E-state index is 13.9. The zero-order valence-electron chi connectivity index (χ0n) is 22.9. The molecule has 10 nitrogen and oxygen atoms in total. The number of carbonyl (C=O) groups is 3. The average Bonchev–Trinajstić information content (AvgIpc) is 3.50. The normalized spacial score (nSPS) is 11.4. The molecule has 0 aliphatic rings. The van der Waals surface area contributed by atoms with E-state index in [1.54, 1.807) is 69.0 Å². The van der Waals surface area contributed by atoms with Crippen LogP contribution in [0.4, 0.5) is 4.39 Å². The number of benzene rings is 1. The third-order valence-electron chi connectivity index (χ3n) is 5.98. The first kappa shape index (κ1) is 28.5. The smallest absolute Gasteiger partial charge is 0.307 e. The van der Waals surface area contributed by atoms with Crippen molar-refractivity contribution in [1.29, 1.82) is 0 Å². The molecule has 0 atom stereocenters. The van der Waals surface area contributed by atoms with Gasteiger partial charge in [-0.3, -0.25) is 14.4 Å². The molecule has 0 aliphatic carbocycles. The molecule has 1 amide bonds. The maximum atomic E-state index is 13.9. The van der Waals surface area contributed by atoms with Gasteiger partial charge in [-0.05, 0) is 51.5 Å². The first-order valence-corrected chi connectivity index (χ1v) is 12.9. The van der Waals surface area contributed by atoms with Gasteiger partial charge in [0.1, 0.15) is 22.8 Å². The van der Waals surface area contributed by atoms with Gasteiger partial charge in [0.2, 0.25) is 0 Å². The van der Waals surface area contributed by atoms with Gasteiger partial charge in [-0.1, -0.05) is 18.2 Å². The first-order valence-electron chi connectivity index (χ1n) is 12.9. The molecule has 0 fully saturated rings. The van der Waals surface area contributed by atoms with Crippen molar-refractivity contribution in [3.8, 4) is 11.3 Å². The summed E-state index contributed by atoms with van der Waals surface area (Å²) in [7, 11) is 1.74. The van der Waals surface area contributed by atoms with Crippen molar-refractivity contribution in [3.63, 3.8) is 0 Å². The van der Waals surface area contributed by atoms with Crippen molar-refractivity contribution in [3.05, 3.63) is 71.9 Å². The van der Waals surface area contributed by atoms with Crippen LogP contribution in [0.1, 0.15) is 56.1 Å². The fourth-order valence-corrected chi connectivity index (χ4v) is 4.03. The molecule has 210 valence electrons. The number of hydrogen-bond donors (Lipinski definition) is 1. The summed E-state index contributed by atoms with van der Waals surface area (Å²) in [5.74, 6) is -1.51. The average molecular weight is 550 g/mol. The van der Waals surface area contributed by atoms with Crippen molar-refractivity contribution < 1.29 is 28.2 Å². The van der Waals surface area contributed by atoms with Gasteiger partial charge in [0.05, 0.1) is 11.9 Å². The number of fused-ring (bicyclic) bond motifs is 1. The molecule has 0 spiro atoms. The van der Waals surface area contributed by atoms with Gasteiger partial charge in [0, 0.05) is 49.1 Å². The van der Waals surface area contributed by atoms with Gasteiger partial charge in [0.25, 0.3) is 5.91 Å². The second-order valence-electron chi connectivity index (χ2n) is 10.3. The quantitative estimate of drug-likeness (QED) is 0.289. The lowest BCUT2D eigenvalue weighted by molar-refractivity contribution is -0.155. The Morgan fingerprint density at radius 2 is 1.80 bits per heavy atom. The highest BCUT2D eigenvalue weighted by atomic mass is 19.1. The highest BCUT2D eigenvalue weighted by Gasteiger charge is 2.18. The molecule has 0 bridgehead atoms. The highest BCUT2D eigenvalue weighted by molar-refractivity contribution is 5.98. The number of nitrogens with one attached hydrogen (secondary N) is 1. The summed E-state index contributed by atoms with van der Waals surface area (Å²) in [6.45, 7) is 5.36. The summed E-state index contributed by atoms with van der Waals surface area (Å²) in [4.78, 5) is 41.3. The van der Waals surface area contributed by atoms with E-state index in [1.165, 1.54) is 10.7 Å². The minimum absolute atomic E-state index is 0.0687. The van der Waals surface area contributed by atoms with Crippen LogP contribution in [-0.2, 0) is 39.4 Å². The molecule has 0 unspecified atom stereocenters. The van der Waals surface area contributed by atoms with E-state index in [0.717, 1.165) is 5.39 Å². The second-order valence-corrected chi connectivity index (χ2v) is 10.3. The van der Waals surface area contributed by atoms with Crippen molar-refractivity contribution in [2.24, 2.45) is 7.05 Å². The molecule has 0 saturated heterocycles. The van der Waals surface area contributed by atoms with E-state index >= 15 is 0 Å².